The van der Waals surface area contributed by atoms with E-state index < -0.39 is 25.8 Å². The van der Waals surface area contributed by atoms with E-state index in [1.807, 2.05) is 0 Å². The molecule has 0 aliphatic carbocycles. The summed E-state index contributed by atoms with van der Waals surface area (Å²) in [4.78, 5) is 12.3. The van der Waals surface area contributed by atoms with Crippen LogP contribution in [0.25, 0.3) is 0 Å². The van der Waals surface area contributed by atoms with Crippen molar-refractivity contribution >= 4 is 25.8 Å². The van der Waals surface area contributed by atoms with Gasteiger partial charge in [-0.05, 0) is 36.8 Å². The van der Waals surface area contributed by atoms with E-state index in [1.54, 1.807) is 6.92 Å². The number of aryl methyl sites for hydroxylation is 1. The third-order valence-electron chi connectivity index (χ3n) is 3.57. The number of carbonyl (C=O) groups excluding carboxylic acids is 1. The molecule has 2 aromatic rings. The first-order valence-electron chi connectivity index (χ1n) is 7.42. The van der Waals surface area contributed by atoms with Gasteiger partial charge < -0.3 is 9.15 Å². The van der Waals surface area contributed by atoms with Crippen LogP contribution in [0, 0.1) is 6.92 Å². The van der Waals surface area contributed by atoms with Crippen LogP contribution in [0.2, 0.25) is 0 Å². The monoisotopic (exact) mass is 401 g/mol. The summed E-state index contributed by atoms with van der Waals surface area (Å²) in [6.45, 7) is 1.36. The first kappa shape index (κ1) is 20.1. The lowest BCUT2D eigenvalue weighted by Crippen LogP contribution is -2.21. The van der Waals surface area contributed by atoms with Crippen molar-refractivity contribution in [1.29, 1.82) is 0 Å². The molecule has 0 atom stereocenters. The number of hydrogen-bond donors (Lipinski definition) is 0. The lowest BCUT2D eigenvalue weighted by atomic mass is 10.1. The van der Waals surface area contributed by atoms with Crippen LogP contribution < -0.4 is 0 Å². The molecule has 0 spiro atoms. The minimum atomic E-state index is -3.72. The van der Waals surface area contributed by atoms with Gasteiger partial charge in [-0.25, -0.2) is 25.9 Å². The summed E-state index contributed by atoms with van der Waals surface area (Å²) >= 11 is 0. The van der Waals surface area contributed by atoms with E-state index in [-0.39, 0.29) is 27.9 Å². The summed E-state index contributed by atoms with van der Waals surface area (Å²) in [5.74, 6) is -0.586. The molecule has 0 saturated heterocycles. The molecule has 142 valence electrons. The summed E-state index contributed by atoms with van der Waals surface area (Å²) in [5.41, 5.74) is 0.665. The molecule has 0 radical (unpaired) electrons. The van der Waals surface area contributed by atoms with Gasteiger partial charge in [-0.3, -0.25) is 0 Å². The maximum atomic E-state index is 12.2. The van der Waals surface area contributed by atoms with Gasteiger partial charge in [-0.2, -0.15) is 0 Å². The third-order valence-corrected chi connectivity index (χ3v) is 6.37. The largest absolute Gasteiger partial charge is 0.454 e. The molecule has 2 rings (SSSR count). The summed E-state index contributed by atoms with van der Waals surface area (Å²) in [5, 5.41) is -0.260. The number of sulfone groups is 1. The number of ether oxygens (including phenoxy) is 1. The van der Waals surface area contributed by atoms with Crippen molar-refractivity contribution in [3.05, 3.63) is 47.2 Å². The number of nitrogens with zero attached hydrogens (tertiary/aromatic N) is 1. The number of furan rings is 1. The SMILES string of the molecule is Cc1ccc(S(C)(=O)=O)cc1C(=O)OCc1ccc(S(=O)(=O)N(C)C)o1. The Labute approximate surface area is 152 Å². The van der Waals surface area contributed by atoms with E-state index >= 15 is 0 Å². The zero-order valence-corrected chi connectivity index (χ0v) is 16.3. The average Bonchev–Trinajstić information content (AvgIpc) is 3.01. The molecule has 26 heavy (non-hydrogen) atoms. The number of carbonyl (C=O) groups is 1. The van der Waals surface area contributed by atoms with Crippen LogP contribution in [0.1, 0.15) is 21.7 Å². The molecule has 1 aromatic carbocycles. The predicted molar refractivity (Wildman–Crippen MR) is 93.0 cm³/mol. The Hall–Kier alpha value is -2.17. The average molecular weight is 401 g/mol. The van der Waals surface area contributed by atoms with Crippen molar-refractivity contribution in [2.75, 3.05) is 20.4 Å². The Bertz CT molecular complexity index is 1030. The Morgan fingerprint density at radius 1 is 1.12 bits per heavy atom. The first-order chi connectivity index (χ1) is 11.9. The fourth-order valence-electron chi connectivity index (χ4n) is 2.02. The lowest BCUT2D eigenvalue weighted by molar-refractivity contribution is 0.0439. The first-order valence-corrected chi connectivity index (χ1v) is 10.7. The van der Waals surface area contributed by atoms with Gasteiger partial charge >= 0.3 is 5.97 Å². The quantitative estimate of drug-likeness (QED) is 0.676. The Balaban J connectivity index is 2.17. The number of esters is 1. The van der Waals surface area contributed by atoms with Gasteiger partial charge in [0.05, 0.1) is 10.5 Å². The number of sulfonamides is 1. The van der Waals surface area contributed by atoms with Crippen LogP contribution in [0.5, 0.6) is 0 Å². The van der Waals surface area contributed by atoms with E-state index in [1.165, 1.54) is 44.4 Å². The zero-order valence-electron chi connectivity index (χ0n) is 14.7. The molecular weight excluding hydrogens is 382 g/mol. The highest BCUT2D eigenvalue weighted by Gasteiger charge is 2.22. The van der Waals surface area contributed by atoms with Crippen LogP contribution in [-0.4, -0.2) is 47.5 Å². The van der Waals surface area contributed by atoms with E-state index in [9.17, 15) is 21.6 Å². The van der Waals surface area contributed by atoms with E-state index in [0.717, 1.165) is 10.6 Å². The molecule has 0 bridgehead atoms. The van der Waals surface area contributed by atoms with Crippen molar-refractivity contribution in [2.45, 2.75) is 23.5 Å². The standard InChI is InChI=1S/C16H19NO7S2/c1-11-5-7-13(25(4,19)20)9-14(11)16(18)23-10-12-6-8-15(24-12)26(21,22)17(2)3/h5-9H,10H2,1-4H3. The Kier molecular flexibility index (Phi) is 5.59. The highest BCUT2D eigenvalue weighted by molar-refractivity contribution is 7.90. The predicted octanol–water partition coefficient (Wildman–Crippen LogP) is 1.60. The van der Waals surface area contributed by atoms with Gasteiger partial charge in [0.25, 0.3) is 10.0 Å². The summed E-state index contributed by atoms with van der Waals surface area (Å²) < 4.78 is 58.5. The van der Waals surface area contributed by atoms with E-state index in [2.05, 4.69) is 0 Å². The topological polar surface area (TPSA) is 111 Å². The van der Waals surface area contributed by atoms with Crippen molar-refractivity contribution in [3.8, 4) is 0 Å². The van der Waals surface area contributed by atoms with Crippen LogP contribution in [0.4, 0.5) is 0 Å². The molecule has 8 nitrogen and oxygen atoms in total. The van der Waals surface area contributed by atoms with Crippen LogP contribution >= 0.6 is 0 Å². The van der Waals surface area contributed by atoms with Gasteiger partial charge in [0.2, 0.25) is 5.09 Å². The molecule has 0 amide bonds. The van der Waals surface area contributed by atoms with Gasteiger partial charge in [-0.15, -0.1) is 0 Å². The van der Waals surface area contributed by atoms with Gasteiger partial charge in [0.1, 0.15) is 12.4 Å². The lowest BCUT2D eigenvalue weighted by Gasteiger charge is -2.09. The summed E-state index contributed by atoms with van der Waals surface area (Å²) in [6.07, 6.45) is 1.04. The van der Waals surface area contributed by atoms with Crippen molar-refractivity contribution in [3.63, 3.8) is 0 Å². The number of benzene rings is 1. The second kappa shape index (κ2) is 7.22. The smallest absolute Gasteiger partial charge is 0.338 e. The van der Waals surface area contributed by atoms with Crippen LogP contribution in [0.3, 0.4) is 0 Å². The summed E-state index contributed by atoms with van der Waals surface area (Å²) in [7, 11) is -4.44. The highest BCUT2D eigenvalue weighted by atomic mass is 32.2. The molecule has 1 aromatic heterocycles. The second-order valence-electron chi connectivity index (χ2n) is 5.83. The maximum absolute atomic E-state index is 12.2. The van der Waals surface area contributed by atoms with Gasteiger partial charge in [0.15, 0.2) is 9.84 Å². The zero-order chi connectivity index (χ0) is 19.7. The Morgan fingerprint density at radius 3 is 2.35 bits per heavy atom. The molecule has 0 saturated carbocycles. The molecule has 0 aliphatic heterocycles. The minimum absolute atomic E-state index is 0.00686. The molecule has 10 heteroatoms. The fraction of sp³-hybridized carbons (Fsp3) is 0.312. The highest BCUT2D eigenvalue weighted by Crippen LogP contribution is 2.20. The minimum Gasteiger partial charge on any atom is -0.454 e. The van der Waals surface area contributed by atoms with Crippen LogP contribution in [-0.2, 0) is 31.2 Å². The normalized spacial score (nSPS) is 12.3. The van der Waals surface area contributed by atoms with E-state index in [4.69, 9.17) is 9.15 Å². The van der Waals surface area contributed by atoms with Gasteiger partial charge in [0, 0.05) is 20.4 Å². The van der Waals surface area contributed by atoms with Gasteiger partial charge in [-0.1, -0.05) is 6.07 Å². The Morgan fingerprint density at radius 2 is 1.77 bits per heavy atom. The fourth-order valence-corrected chi connectivity index (χ4v) is 3.48. The molecule has 0 unspecified atom stereocenters. The van der Waals surface area contributed by atoms with Crippen LogP contribution in [0.15, 0.2) is 44.7 Å². The molecule has 0 aliphatic rings. The van der Waals surface area contributed by atoms with Crippen molar-refractivity contribution in [2.24, 2.45) is 0 Å². The van der Waals surface area contributed by atoms with E-state index in [0.29, 0.717) is 5.56 Å². The third kappa shape index (κ3) is 4.32. The molecule has 1 heterocycles. The van der Waals surface area contributed by atoms with Crippen molar-refractivity contribution < 1.29 is 30.8 Å². The molecule has 0 fully saturated rings. The number of hydrogen-bond acceptors (Lipinski definition) is 7. The van der Waals surface area contributed by atoms with Crippen molar-refractivity contribution in [1.82, 2.24) is 4.31 Å². The molecular formula is C16H19NO7S2. The maximum Gasteiger partial charge on any atom is 0.338 e. The summed E-state index contributed by atoms with van der Waals surface area (Å²) in [6, 6.07) is 6.84. The molecule has 0 N–H and O–H groups in total. The number of rotatable bonds is 6. The second-order valence-corrected chi connectivity index (χ2v) is 9.93.